The standard InChI is InChI=1S/C24H28N4O3/c1-18-7-9-20(10-8-18)24-27-26-23(31-24)12-11-22(29)25-21(19-5-3-2-4-6-19)17-28-13-15-30-16-14-28/h2-10,21H,11-17H2,1H3,(H,25,29)/p+1/t21-/m1/s1. The number of morpholine rings is 1. The van der Waals surface area contributed by atoms with Gasteiger partial charge in [0.25, 0.3) is 0 Å². The molecule has 7 nitrogen and oxygen atoms in total. The Labute approximate surface area is 182 Å². The number of hydrogen-bond donors (Lipinski definition) is 2. The second kappa shape index (κ2) is 10.3. The Morgan fingerprint density at radius 1 is 1.06 bits per heavy atom. The summed E-state index contributed by atoms with van der Waals surface area (Å²) in [6.07, 6.45) is 0.716. The molecular weight excluding hydrogens is 392 g/mol. The van der Waals surface area contributed by atoms with Crippen LogP contribution in [0.2, 0.25) is 0 Å². The maximum atomic E-state index is 12.7. The third kappa shape index (κ3) is 5.99. The molecule has 1 aliphatic heterocycles. The summed E-state index contributed by atoms with van der Waals surface area (Å²) < 4.78 is 11.2. The number of amides is 1. The fraction of sp³-hybridized carbons (Fsp3) is 0.375. The van der Waals surface area contributed by atoms with Crippen LogP contribution in [-0.2, 0) is 16.0 Å². The molecule has 0 bridgehead atoms. The lowest BCUT2D eigenvalue weighted by molar-refractivity contribution is -0.909. The predicted octanol–water partition coefficient (Wildman–Crippen LogP) is 1.75. The zero-order valence-corrected chi connectivity index (χ0v) is 17.8. The van der Waals surface area contributed by atoms with Crippen molar-refractivity contribution in [1.82, 2.24) is 15.5 Å². The van der Waals surface area contributed by atoms with Gasteiger partial charge in [-0.05, 0) is 24.6 Å². The van der Waals surface area contributed by atoms with Gasteiger partial charge in [0.2, 0.25) is 17.7 Å². The highest BCUT2D eigenvalue weighted by molar-refractivity contribution is 5.76. The quantitative estimate of drug-likeness (QED) is 0.579. The Morgan fingerprint density at radius 2 is 1.81 bits per heavy atom. The van der Waals surface area contributed by atoms with Crippen molar-refractivity contribution in [1.29, 1.82) is 0 Å². The first-order valence-corrected chi connectivity index (χ1v) is 10.8. The summed E-state index contributed by atoms with van der Waals surface area (Å²) in [7, 11) is 0. The third-order valence-electron chi connectivity index (χ3n) is 5.56. The van der Waals surface area contributed by atoms with Crippen molar-refractivity contribution in [3.8, 4) is 11.5 Å². The molecule has 1 aromatic heterocycles. The van der Waals surface area contributed by atoms with Gasteiger partial charge in [0.1, 0.15) is 25.7 Å². The average Bonchev–Trinajstić information content (AvgIpc) is 3.28. The van der Waals surface area contributed by atoms with Crippen LogP contribution in [0.1, 0.15) is 29.5 Å². The Balaban J connectivity index is 1.35. The monoisotopic (exact) mass is 421 g/mol. The Kier molecular flexibility index (Phi) is 7.07. The summed E-state index contributed by atoms with van der Waals surface area (Å²) in [5.41, 5.74) is 3.17. The molecular formula is C24H29N4O3+. The zero-order chi connectivity index (χ0) is 21.5. The molecule has 0 saturated carbocycles. The van der Waals surface area contributed by atoms with E-state index < -0.39 is 0 Å². The average molecular weight is 422 g/mol. The van der Waals surface area contributed by atoms with Crippen LogP contribution >= 0.6 is 0 Å². The lowest BCUT2D eigenvalue weighted by Crippen LogP contribution is -3.14. The van der Waals surface area contributed by atoms with Gasteiger partial charge in [-0.2, -0.15) is 0 Å². The molecule has 0 radical (unpaired) electrons. The number of nitrogens with one attached hydrogen (secondary N) is 2. The number of rotatable bonds is 8. The van der Waals surface area contributed by atoms with Crippen molar-refractivity contribution in [2.24, 2.45) is 0 Å². The minimum Gasteiger partial charge on any atom is -0.421 e. The summed E-state index contributed by atoms with van der Waals surface area (Å²) in [6, 6.07) is 18.0. The molecule has 2 N–H and O–H groups in total. The zero-order valence-electron chi connectivity index (χ0n) is 17.8. The van der Waals surface area contributed by atoms with Crippen molar-refractivity contribution >= 4 is 5.91 Å². The first-order chi connectivity index (χ1) is 15.2. The predicted molar refractivity (Wildman–Crippen MR) is 117 cm³/mol. The number of aromatic nitrogens is 2. The topological polar surface area (TPSA) is 81.7 Å². The van der Waals surface area contributed by atoms with Gasteiger partial charge in [-0.1, -0.05) is 48.0 Å². The molecule has 162 valence electrons. The van der Waals surface area contributed by atoms with Crippen molar-refractivity contribution in [3.05, 3.63) is 71.6 Å². The van der Waals surface area contributed by atoms with E-state index in [-0.39, 0.29) is 11.9 Å². The fourth-order valence-electron chi connectivity index (χ4n) is 3.74. The van der Waals surface area contributed by atoms with Crippen LogP contribution < -0.4 is 10.2 Å². The van der Waals surface area contributed by atoms with E-state index in [9.17, 15) is 4.79 Å². The fourth-order valence-corrected chi connectivity index (χ4v) is 3.74. The highest BCUT2D eigenvalue weighted by Crippen LogP contribution is 2.19. The highest BCUT2D eigenvalue weighted by Gasteiger charge is 2.23. The van der Waals surface area contributed by atoms with E-state index in [0.29, 0.717) is 24.6 Å². The molecule has 0 unspecified atom stereocenters. The summed E-state index contributed by atoms with van der Waals surface area (Å²) >= 11 is 0. The first kappa shape index (κ1) is 21.2. The first-order valence-electron chi connectivity index (χ1n) is 10.8. The van der Waals surface area contributed by atoms with Crippen molar-refractivity contribution in [2.75, 3.05) is 32.8 Å². The van der Waals surface area contributed by atoms with Crippen LogP contribution in [0, 0.1) is 6.92 Å². The molecule has 0 spiro atoms. The number of quaternary nitrogens is 1. The van der Waals surface area contributed by atoms with Gasteiger partial charge in [0, 0.05) is 18.4 Å². The normalized spacial score (nSPS) is 15.5. The minimum atomic E-state index is -0.0346. The van der Waals surface area contributed by atoms with Gasteiger partial charge < -0.3 is 19.4 Å². The maximum Gasteiger partial charge on any atom is 0.247 e. The molecule has 1 fully saturated rings. The molecule has 31 heavy (non-hydrogen) atoms. The van der Waals surface area contributed by atoms with Crippen LogP contribution in [0.4, 0.5) is 0 Å². The lowest BCUT2D eigenvalue weighted by atomic mass is 10.1. The molecule has 1 atom stereocenters. The number of ether oxygens (including phenoxy) is 1. The van der Waals surface area contributed by atoms with E-state index in [1.807, 2.05) is 49.4 Å². The van der Waals surface area contributed by atoms with Gasteiger partial charge >= 0.3 is 0 Å². The molecule has 2 aromatic carbocycles. The summed E-state index contributed by atoms with van der Waals surface area (Å²) in [5.74, 6) is 0.936. The van der Waals surface area contributed by atoms with E-state index in [2.05, 4.69) is 27.6 Å². The number of carbonyl (C=O) groups is 1. The largest absolute Gasteiger partial charge is 0.421 e. The molecule has 3 aromatic rings. The molecule has 1 saturated heterocycles. The van der Waals surface area contributed by atoms with Crippen LogP contribution in [0.3, 0.4) is 0 Å². The second-order valence-corrected chi connectivity index (χ2v) is 7.96. The van der Waals surface area contributed by atoms with Crippen molar-refractivity contribution < 1.29 is 18.8 Å². The van der Waals surface area contributed by atoms with Crippen LogP contribution in [-0.4, -0.2) is 49.0 Å². The van der Waals surface area contributed by atoms with E-state index in [0.717, 1.165) is 44.0 Å². The van der Waals surface area contributed by atoms with Crippen molar-refractivity contribution in [2.45, 2.75) is 25.8 Å². The SMILES string of the molecule is Cc1ccc(-c2nnc(CCC(=O)N[C@H](C[NH+]3CCOCC3)c3ccccc3)o2)cc1. The van der Waals surface area contributed by atoms with Gasteiger partial charge in [-0.15, -0.1) is 10.2 Å². The lowest BCUT2D eigenvalue weighted by Gasteiger charge is -2.28. The Morgan fingerprint density at radius 3 is 2.55 bits per heavy atom. The number of carbonyl (C=O) groups excluding carboxylic acids is 1. The number of nitrogens with zero attached hydrogens (tertiary/aromatic N) is 2. The van der Waals surface area contributed by atoms with Crippen LogP contribution in [0.15, 0.2) is 59.0 Å². The number of aryl methyl sites for hydroxylation is 2. The molecule has 1 aliphatic rings. The number of hydrogen-bond acceptors (Lipinski definition) is 5. The molecule has 2 heterocycles. The van der Waals surface area contributed by atoms with Crippen LogP contribution in [0.5, 0.6) is 0 Å². The summed E-state index contributed by atoms with van der Waals surface area (Å²) in [4.78, 5) is 14.2. The Bertz CT molecular complexity index is 966. The second-order valence-electron chi connectivity index (χ2n) is 7.96. The van der Waals surface area contributed by atoms with Gasteiger partial charge in [0.15, 0.2) is 0 Å². The Hall–Kier alpha value is -3.03. The summed E-state index contributed by atoms with van der Waals surface area (Å²) in [6.45, 7) is 6.34. The van der Waals surface area contributed by atoms with Gasteiger partial charge in [-0.3, -0.25) is 4.79 Å². The molecule has 0 aliphatic carbocycles. The third-order valence-corrected chi connectivity index (χ3v) is 5.56. The van der Waals surface area contributed by atoms with Gasteiger partial charge in [0.05, 0.1) is 13.2 Å². The minimum absolute atomic E-state index is 0.0170. The number of benzene rings is 2. The van der Waals surface area contributed by atoms with Crippen molar-refractivity contribution in [3.63, 3.8) is 0 Å². The molecule has 7 heteroatoms. The van der Waals surface area contributed by atoms with Crippen LogP contribution in [0.25, 0.3) is 11.5 Å². The smallest absolute Gasteiger partial charge is 0.247 e. The highest BCUT2D eigenvalue weighted by atomic mass is 16.5. The summed E-state index contributed by atoms with van der Waals surface area (Å²) in [5, 5.41) is 11.4. The van der Waals surface area contributed by atoms with E-state index >= 15 is 0 Å². The molecule has 4 rings (SSSR count). The van der Waals surface area contributed by atoms with E-state index in [1.54, 1.807) is 0 Å². The van der Waals surface area contributed by atoms with E-state index in [4.69, 9.17) is 9.15 Å². The molecule has 1 amide bonds. The van der Waals surface area contributed by atoms with E-state index in [1.165, 1.54) is 10.5 Å². The maximum absolute atomic E-state index is 12.7. The van der Waals surface area contributed by atoms with Gasteiger partial charge in [-0.25, -0.2) is 0 Å².